The number of hydrogen-bond acceptors (Lipinski definition) is 7. The second-order valence-corrected chi connectivity index (χ2v) is 10.3. The minimum atomic E-state index is -2.98. The van der Waals surface area contributed by atoms with Crippen LogP contribution in [0.25, 0.3) is 11.5 Å². The van der Waals surface area contributed by atoms with Gasteiger partial charge in [0.15, 0.2) is 15.0 Å². The van der Waals surface area contributed by atoms with Gasteiger partial charge in [-0.2, -0.15) is 0 Å². The van der Waals surface area contributed by atoms with Gasteiger partial charge < -0.3 is 8.98 Å². The van der Waals surface area contributed by atoms with Crippen molar-refractivity contribution in [3.8, 4) is 11.5 Å². The SMILES string of the molecule is C=CCn1c(SCc2coc(-c3ccc(C)cc3)n2)nnc1[C@H]1CCS(=O)(=O)C1. The van der Waals surface area contributed by atoms with E-state index in [9.17, 15) is 8.42 Å². The number of benzene rings is 1. The molecule has 0 N–H and O–H groups in total. The second kappa shape index (κ2) is 8.16. The van der Waals surface area contributed by atoms with Crippen LogP contribution in [-0.4, -0.2) is 39.7 Å². The van der Waals surface area contributed by atoms with E-state index in [1.54, 1.807) is 12.3 Å². The van der Waals surface area contributed by atoms with Gasteiger partial charge in [-0.05, 0) is 25.5 Å². The van der Waals surface area contributed by atoms with Gasteiger partial charge >= 0.3 is 0 Å². The number of sulfone groups is 1. The van der Waals surface area contributed by atoms with E-state index in [2.05, 4.69) is 21.8 Å². The van der Waals surface area contributed by atoms with E-state index in [0.717, 1.165) is 16.4 Å². The maximum absolute atomic E-state index is 11.8. The third kappa shape index (κ3) is 4.45. The van der Waals surface area contributed by atoms with Crippen molar-refractivity contribution < 1.29 is 12.8 Å². The Labute approximate surface area is 174 Å². The molecule has 1 atom stereocenters. The van der Waals surface area contributed by atoms with Crippen molar-refractivity contribution in [3.63, 3.8) is 0 Å². The van der Waals surface area contributed by atoms with Crippen molar-refractivity contribution in [1.82, 2.24) is 19.7 Å². The van der Waals surface area contributed by atoms with Crippen LogP contribution in [0.5, 0.6) is 0 Å². The maximum Gasteiger partial charge on any atom is 0.226 e. The lowest BCUT2D eigenvalue weighted by molar-refractivity contribution is 0.573. The summed E-state index contributed by atoms with van der Waals surface area (Å²) in [5.41, 5.74) is 2.93. The van der Waals surface area contributed by atoms with E-state index in [1.165, 1.54) is 17.3 Å². The molecular formula is C20H22N4O3S2. The molecule has 152 valence electrons. The highest BCUT2D eigenvalue weighted by atomic mass is 32.2. The van der Waals surface area contributed by atoms with Crippen molar-refractivity contribution >= 4 is 21.6 Å². The number of aromatic nitrogens is 4. The van der Waals surface area contributed by atoms with Gasteiger partial charge in [-0.3, -0.25) is 0 Å². The largest absolute Gasteiger partial charge is 0.444 e. The molecule has 1 aliphatic rings. The molecule has 0 saturated carbocycles. The summed E-state index contributed by atoms with van der Waals surface area (Å²) in [4.78, 5) is 4.56. The van der Waals surface area contributed by atoms with Gasteiger partial charge in [0.1, 0.15) is 12.1 Å². The molecule has 0 bridgehead atoms. The lowest BCUT2D eigenvalue weighted by Gasteiger charge is -2.10. The highest BCUT2D eigenvalue weighted by Crippen LogP contribution is 2.31. The monoisotopic (exact) mass is 430 g/mol. The third-order valence-electron chi connectivity index (χ3n) is 4.85. The fourth-order valence-corrected chi connectivity index (χ4v) is 5.92. The summed E-state index contributed by atoms with van der Waals surface area (Å²) in [6, 6.07) is 8.02. The van der Waals surface area contributed by atoms with E-state index < -0.39 is 9.84 Å². The minimum absolute atomic E-state index is 0.109. The number of thioether (sulfide) groups is 1. The molecule has 4 rings (SSSR count). The van der Waals surface area contributed by atoms with E-state index in [4.69, 9.17) is 4.42 Å². The fourth-order valence-electron chi connectivity index (χ4n) is 3.35. The van der Waals surface area contributed by atoms with Crippen molar-refractivity contribution in [2.75, 3.05) is 11.5 Å². The Hall–Kier alpha value is -2.39. The Bertz CT molecular complexity index is 1120. The Morgan fingerprint density at radius 3 is 2.79 bits per heavy atom. The van der Waals surface area contributed by atoms with Crippen molar-refractivity contribution in [3.05, 3.63) is 60.3 Å². The topological polar surface area (TPSA) is 90.9 Å². The normalized spacial score (nSPS) is 18.2. The summed E-state index contributed by atoms with van der Waals surface area (Å²) in [5, 5.41) is 9.31. The zero-order valence-electron chi connectivity index (χ0n) is 16.1. The minimum Gasteiger partial charge on any atom is -0.444 e. The molecule has 3 aromatic rings. The first-order valence-corrected chi connectivity index (χ1v) is 12.1. The van der Waals surface area contributed by atoms with Gasteiger partial charge in [-0.1, -0.05) is 35.5 Å². The Morgan fingerprint density at radius 2 is 2.10 bits per heavy atom. The molecular weight excluding hydrogens is 408 g/mol. The molecule has 1 aliphatic heterocycles. The van der Waals surface area contributed by atoms with E-state index in [1.807, 2.05) is 35.8 Å². The summed E-state index contributed by atoms with van der Waals surface area (Å²) in [6.07, 6.45) is 4.01. The number of nitrogens with zero attached hydrogens (tertiary/aromatic N) is 4. The van der Waals surface area contributed by atoms with Gasteiger partial charge in [0.2, 0.25) is 5.89 Å². The first-order valence-electron chi connectivity index (χ1n) is 9.34. The predicted octanol–water partition coefficient (Wildman–Crippen LogP) is 3.62. The Kier molecular flexibility index (Phi) is 5.60. The number of aryl methyl sites for hydroxylation is 1. The summed E-state index contributed by atoms with van der Waals surface area (Å²) in [7, 11) is -2.98. The number of rotatable bonds is 7. The average Bonchev–Trinajstić information content (AvgIpc) is 3.40. The lowest BCUT2D eigenvalue weighted by Crippen LogP contribution is -2.11. The van der Waals surface area contributed by atoms with Crippen LogP contribution >= 0.6 is 11.8 Å². The van der Waals surface area contributed by atoms with Crippen molar-refractivity contribution in [1.29, 1.82) is 0 Å². The van der Waals surface area contributed by atoms with Gasteiger partial charge in [0, 0.05) is 23.8 Å². The first-order chi connectivity index (χ1) is 13.9. The summed E-state index contributed by atoms with van der Waals surface area (Å²) < 4.78 is 31.2. The maximum atomic E-state index is 11.8. The zero-order valence-corrected chi connectivity index (χ0v) is 17.7. The first kappa shape index (κ1) is 19.9. The molecule has 3 heterocycles. The van der Waals surface area contributed by atoms with Crippen LogP contribution in [0.3, 0.4) is 0 Å². The molecule has 0 unspecified atom stereocenters. The molecule has 7 nitrogen and oxygen atoms in total. The quantitative estimate of drug-likeness (QED) is 0.418. The molecule has 0 aliphatic carbocycles. The van der Waals surface area contributed by atoms with E-state index in [0.29, 0.717) is 30.4 Å². The average molecular weight is 431 g/mol. The summed E-state index contributed by atoms with van der Waals surface area (Å²) in [5.74, 6) is 2.12. The molecule has 1 saturated heterocycles. The molecule has 0 spiro atoms. The Balaban J connectivity index is 1.49. The molecule has 1 fully saturated rings. The highest BCUT2D eigenvalue weighted by molar-refractivity contribution is 7.98. The summed E-state index contributed by atoms with van der Waals surface area (Å²) >= 11 is 1.50. The van der Waals surface area contributed by atoms with Crippen LogP contribution in [0.1, 0.15) is 29.4 Å². The van der Waals surface area contributed by atoms with Gasteiger partial charge in [0.25, 0.3) is 0 Å². The third-order valence-corrected chi connectivity index (χ3v) is 7.62. The van der Waals surface area contributed by atoms with Crippen LogP contribution in [-0.2, 0) is 22.1 Å². The molecule has 1 aromatic carbocycles. The van der Waals surface area contributed by atoms with E-state index >= 15 is 0 Å². The van der Waals surface area contributed by atoms with E-state index in [-0.39, 0.29) is 17.4 Å². The standard InChI is InChI=1S/C20H22N4O3S2/c1-3-9-24-18(16-8-10-29(25,26)13-16)22-23-20(24)28-12-17-11-27-19(21-17)15-6-4-14(2)5-7-15/h3-7,11,16H,1,8-10,12-13H2,2H3/t16-/m0/s1. The zero-order chi connectivity index (χ0) is 20.4. The summed E-state index contributed by atoms with van der Waals surface area (Å²) in [6.45, 7) is 6.38. The number of oxazole rings is 1. The highest BCUT2D eigenvalue weighted by Gasteiger charge is 2.33. The molecule has 29 heavy (non-hydrogen) atoms. The molecule has 2 aromatic heterocycles. The lowest BCUT2D eigenvalue weighted by atomic mass is 10.1. The number of hydrogen-bond donors (Lipinski definition) is 0. The smallest absolute Gasteiger partial charge is 0.226 e. The second-order valence-electron chi connectivity index (χ2n) is 7.14. The Morgan fingerprint density at radius 1 is 1.31 bits per heavy atom. The van der Waals surface area contributed by atoms with Gasteiger partial charge in [-0.25, -0.2) is 13.4 Å². The van der Waals surface area contributed by atoms with Crippen LogP contribution in [0.2, 0.25) is 0 Å². The number of allylic oxidation sites excluding steroid dienone is 1. The van der Waals surface area contributed by atoms with Crippen LogP contribution in [0.15, 0.2) is 52.8 Å². The van der Waals surface area contributed by atoms with Gasteiger partial charge in [0.05, 0.1) is 17.2 Å². The molecule has 9 heteroatoms. The molecule has 0 amide bonds. The molecule has 0 radical (unpaired) electrons. The fraction of sp³-hybridized carbons (Fsp3) is 0.350. The van der Waals surface area contributed by atoms with Crippen molar-refractivity contribution in [2.45, 2.75) is 36.7 Å². The predicted molar refractivity (Wildman–Crippen MR) is 112 cm³/mol. The van der Waals surface area contributed by atoms with Crippen LogP contribution in [0, 0.1) is 6.92 Å². The van der Waals surface area contributed by atoms with Gasteiger partial charge in [-0.15, -0.1) is 16.8 Å². The van der Waals surface area contributed by atoms with Crippen molar-refractivity contribution in [2.24, 2.45) is 0 Å². The van der Waals surface area contributed by atoms with Crippen LogP contribution < -0.4 is 0 Å². The van der Waals surface area contributed by atoms with Crippen LogP contribution in [0.4, 0.5) is 0 Å².